The maximum Gasteiger partial charge on any atom is 0.132 e. The molecule has 3 rings (SSSR count). The number of hydrogen-bond donors (Lipinski definition) is 1. The molecule has 3 heteroatoms. The molecule has 0 saturated carbocycles. The molecule has 0 atom stereocenters. The first-order valence-electron chi connectivity index (χ1n) is 5.38. The summed E-state index contributed by atoms with van der Waals surface area (Å²) >= 11 is 0. The van der Waals surface area contributed by atoms with Crippen molar-refractivity contribution in [1.82, 2.24) is 4.57 Å². The van der Waals surface area contributed by atoms with Crippen molar-refractivity contribution < 1.29 is 9.50 Å². The molecule has 1 N–H and O–H groups in total. The third kappa shape index (κ3) is 1.21. The Kier molecular flexibility index (Phi) is 2.07. The van der Waals surface area contributed by atoms with Crippen LogP contribution in [0.2, 0.25) is 0 Å². The van der Waals surface area contributed by atoms with Crippen molar-refractivity contribution in [2.75, 3.05) is 0 Å². The van der Waals surface area contributed by atoms with Crippen LogP contribution in [0.5, 0.6) is 0 Å². The summed E-state index contributed by atoms with van der Waals surface area (Å²) in [6, 6.07) is 8.94. The molecule has 0 radical (unpaired) electrons. The minimum absolute atomic E-state index is 0.00376. The Hall–Kier alpha value is -1.61. The van der Waals surface area contributed by atoms with E-state index in [1.165, 1.54) is 6.07 Å². The van der Waals surface area contributed by atoms with Gasteiger partial charge in [-0.1, -0.05) is 12.1 Å². The highest BCUT2D eigenvalue weighted by molar-refractivity contribution is 5.67. The van der Waals surface area contributed by atoms with E-state index in [0.717, 1.165) is 29.9 Å². The maximum absolute atomic E-state index is 13.8. The van der Waals surface area contributed by atoms with Gasteiger partial charge in [0.15, 0.2) is 0 Å². The van der Waals surface area contributed by atoms with Crippen molar-refractivity contribution >= 4 is 0 Å². The zero-order valence-corrected chi connectivity index (χ0v) is 8.78. The molecule has 1 aliphatic heterocycles. The van der Waals surface area contributed by atoms with Crippen molar-refractivity contribution in [3.63, 3.8) is 0 Å². The zero-order chi connectivity index (χ0) is 11.1. The molecule has 0 amide bonds. The van der Waals surface area contributed by atoms with Gasteiger partial charge in [-0.15, -0.1) is 0 Å². The Labute approximate surface area is 93.0 Å². The molecule has 0 bridgehead atoms. The van der Waals surface area contributed by atoms with Gasteiger partial charge >= 0.3 is 0 Å². The van der Waals surface area contributed by atoms with E-state index in [4.69, 9.17) is 0 Å². The third-order valence-electron chi connectivity index (χ3n) is 3.19. The van der Waals surface area contributed by atoms with Crippen molar-refractivity contribution in [2.24, 2.45) is 0 Å². The highest BCUT2D eigenvalue weighted by Gasteiger charge is 2.20. The van der Waals surface area contributed by atoms with E-state index < -0.39 is 0 Å². The largest absolute Gasteiger partial charge is 0.390 e. The van der Waals surface area contributed by atoms with Crippen LogP contribution in [-0.2, 0) is 19.6 Å². The van der Waals surface area contributed by atoms with Crippen molar-refractivity contribution in [2.45, 2.75) is 19.6 Å². The molecule has 2 heterocycles. The van der Waals surface area contributed by atoms with Gasteiger partial charge < -0.3 is 9.67 Å². The summed E-state index contributed by atoms with van der Waals surface area (Å²) in [5, 5.41) is 9.19. The smallest absolute Gasteiger partial charge is 0.132 e. The van der Waals surface area contributed by atoms with Gasteiger partial charge in [0.2, 0.25) is 0 Å². The topological polar surface area (TPSA) is 25.2 Å². The van der Waals surface area contributed by atoms with Gasteiger partial charge in [0.25, 0.3) is 0 Å². The number of fused-ring (bicyclic) bond motifs is 3. The number of aliphatic hydroxyl groups is 1. The van der Waals surface area contributed by atoms with Gasteiger partial charge in [-0.3, -0.25) is 0 Å². The first kappa shape index (κ1) is 9.60. The van der Waals surface area contributed by atoms with E-state index >= 15 is 0 Å². The molecular weight excluding hydrogens is 205 g/mol. The number of halogens is 1. The SMILES string of the molecule is OCc1ccc2n1CCc1cccc(F)c1-2. The molecule has 2 nitrogen and oxygen atoms in total. The highest BCUT2D eigenvalue weighted by atomic mass is 19.1. The molecule has 16 heavy (non-hydrogen) atoms. The minimum Gasteiger partial charge on any atom is -0.390 e. The predicted octanol–water partition coefficient (Wildman–Crippen LogP) is 2.34. The van der Waals surface area contributed by atoms with Gasteiger partial charge in [0.1, 0.15) is 5.82 Å². The molecule has 1 aromatic carbocycles. The van der Waals surface area contributed by atoms with Gasteiger partial charge in [0.05, 0.1) is 12.3 Å². The first-order chi connectivity index (χ1) is 7.81. The molecule has 2 aromatic rings. The van der Waals surface area contributed by atoms with Crippen LogP contribution in [0.4, 0.5) is 4.39 Å². The van der Waals surface area contributed by atoms with E-state index in [9.17, 15) is 9.50 Å². The maximum atomic E-state index is 13.8. The van der Waals surface area contributed by atoms with Crippen molar-refractivity contribution in [3.05, 3.63) is 47.4 Å². The molecule has 0 unspecified atom stereocenters. The van der Waals surface area contributed by atoms with Crippen LogP contribution < -0.4 is 0 Å². The van der Waals surface area contributed by atoms with Crippen LogP contribution in [0.25, 0.3) is 11.3 Å². The van der Waals surface area contributed by atoms with Crippen LogP contribution in [-0.4, -0.2) is 9.67 Å². The Bertz CT molecular complexity index is 545. The fourth-order valence-corrected chi connectivity index (χ4v) is 2.43. The lowest BCUT2D eigenvalue weighted by atomic mass is 9.98. The predicted molar refractivity (Wildman–Crippen MR) is 59.5 cm³/mol. The lowest BCUT2D eigenvalue weighted by Gasteiger charge is -2.21. The Morgan fingerprint density at radius 2 is 2.12 bits per heavy atom. The van der Waals surface area contributed by atoms with E-state index in [-0.39, 0.29) is 12.4 Å². The number of aryl methyl sites for hydroxylation is 1. The van der Waals surface area contributed by atoms with Crippen molar-refractivity contribution in [3.8, 4) is 11.3 Å². The van der Waals surface area contributed by atoms with Gasteiger partial charge in [-0.05, 0) is 30.2 Å². The Balaban J connectivity index is 2.26. The van der Waals surface area contributed by atoms with Gasteiger partial charge in [0, 0.05) is 17.8 Å². The molecule has 0 spiro atoms. The number of rotatable bonds is 1. The van der Waals surface area contributed by atoms with E-state index in [0.29, 0.717) is 5.56 Å². The van der Waals surface area contributed by atoms with Gasteiger partial charge in [-0.2, -0.15) is 0 Å². The summed E-state index contributed by atoms with van der Waals surface area (Å²) in [7, 11) is 0. The third-order valence-corrected chi connectivity index (χ3v) is 3.19. The molecule has 0 saturated heterocycles. The van der Waals surface area contributed by atoms with Crippen molar-refractivity contribution in [1.29, 1.82) is 0 Å². The second kappa shape index (κ2) is 3.46. The zero-order valence-electron chi connectivity index (χ0n) is 8.78. The summed E-state index contributed by atoms with van der Waals surface area (Å²) < 4.78 is 15.8. The molecule has 82 valence electrons. The standard InChI is InChI=1S/C13H12FNO/c14-11-3-1-2-9-6-7-15-10(8-16)4-5-12(15)13(9)11/h1-5,16H,6-8H2. The average Bonchev–Trinajstić information content (AvgIpc) is 2.72. The fraction of sp³-hybridized carbons (Fsp3) is 0.231. The summed E-state index contributed by atoms with van der Waals surface area (Å²) in [6.07, 6.45) is 0.821. The molecule has 0 aliphatic carbocycles. The summed E-state index contributed by atoms with van der Waals surface area (Å²) in [5.74, 6) is -0.180. The van der Waals surface area contributed by atoms with Gasteiger partial charge in [-0.25, -0.2) is 4.39 Å². The van der Waals surface area contributed by atoms with Crippen LogP contribution >= 0.6 is 0 Å². The molecule has 1 aliphatic rings. The number of aromatic nitrogens is 1. The number of nitrogens with zero attached hydrogens (tertiary/aromatic N) is 1. The van der Waals surface area contributed by atoms with E-state index in [1.54, 1.807) is 6.07 Å². The van der Waals surface area contributed by atoms with Crippen LogP contribution in [0, 0.1) is 5.82 Å². The lowest BCUT2D eigenvalue weighted by Crippen LogP contribution is -2.13. The first-order valence-corrected chi connectivity index (χ1v) is 5.38. The minimum atomic E-state index is -0.180. The fourth-order valence-electron chi connectivity index (χ4n) is 2.43. The Morgan fingerprint density at radius 3 is 2.94 bits per heavy atom. The molecule has 0 fully saturated rings. The van der Waals surface area contributed by atoms with Crippen LogP contribution in [0.15, 0.2) is 30.3 Å². The Morgan fingerprint density at radius 1 is 1.25 bits per heavy atom. The summed E-state index contributed by atoms with van der Waals surface area (Å²) in [4.78, 5) is 0. The van der Waals surface area contributed by atoms with Crippen LogP contribution in [0.1, 0.15) is 11.3 Å². The monoisotopic (exact) mass is 217 g/mol. The van der Waals surface area contributed by atoms with E-state index in [2.05, 4.69) is 0 Å². The second-order valence-electron chi connectivity index (χ2n) is 4.04. The lowest BCUT2D eigenvalue weighted by molar-refractivity contribution is 0.270. The number of aliphatic hydroxyl groups excluding tert-OH is 1. The summed E-state index contributed by atoms with van der Waals surface area (Å²) in [5.41, 5.74) is 3.47. The van der Waals surface area contributed by atoms with E-state index in [1.807, 2.05) is 22.8 Å². The molecular formula is C13H12FNO. The number of benzene rings is 1. The quantitative estimate of drug-likeness (QED) is 0.779. The average molecular weight is 217 g/mol. The normalized spacial score (nSPS) is 13.4. The molecule has 1 aromatic heterocycles. The highest BCUT2D eigenvalue weighted by Crippen LogP contribution is 2.33. The van der Waals surface area contributed by atoms with Crippen LogP contribution in [0.3, 0.4) is 0 Å². The second-order valence-corrected chi connectivity index (χ2v) is 4.04. The summed E-state index contributed by atoms with van der Waals surface area (Å²) in [6.45, 7) is 0.818. The number of hydrogen-bond acceptors (Lipinski definition) is 1.